The Morgan fingerprint density at radius 1 is 1.28 bits per heavy atom. The molecule has 0 radical (unpaired) electrons. The molecule has 7 heteroatoms. The van der Waals surface area contributed by atoms with Crippen molar-refractivity contribution in [3.63, 3.8) is 0 Å². The second-order valence-electron chi connectivity index (χ2n) is 4.96. The Morgan fingerprint density at radius 2 is 1.92 bits per heavy atom. The summed E-state index contributed by atoms with van der Waals surface area (Å²) in [4.78, 5) is 12.8. The molecule has 0 aliphatic carbocycles. The number of hydrogen-bond acceptors (Lipinski definition) is 6. The molecule has 0 fully saturated rings. The third-order valence-electron chi connectivity index (χ3n) is 3.08. The summed E-state index contributed by atoms with van der Waals surface area (Å²) in [6.45, 7) is 1.76. The van der Waals surface area contributed by atoms with Crippen molar-refractivity contribution in [2.45, 2.75) is 18.7 Å². The van der Waals surface area contributed by atoms with Gasteiger partial charge in [-0.1, -0.05) is 60.0 Å². The van der Waals surface area contributed by atoms with Gasteiger partial charge in [-0.2, -0.15) is 8.42 Å². The van der Waals surface area contributed by atoms with Gasteiger partial charge in [0, 0.05) is 5.56 Å². The smallest absolute Gasteiger partial charge is 0.313 e. The maximum Gasteiger partial charge on any atom is 0.313 e. The lowest BCUT2D eigenvalue weighted by Gasteiger charge is -2.10. The number of ketones is 1. The zero-order valence-corrected chi connectivity index (χ0v) is 13.7. The van der Waals surface area contributed by atoms with Crippen LogP contribution in [-0.2, 0) is 29.5 Å². The largest absolute Gasteiger partial charge is 0.460 e. The average molecular weight is 367 g/mol. The molecule has 3 rings (SSSR count). The first-order valence-electron chi connectivity index (χ1n) is 10.9. The Bertz CT molecular complexity index is 1280. The number of rotatable bonds is 5. The highest BCUT2D eigenvalue weighted by Crippen LogP contribution is 2.32. The van der Waals surface area contributed by atoms with Crippen molar-refractivity contribution in [3.8, 4) is 0 Å². The lowest BCUT2D eigenvalue weighted by atomic mass is 10.0. The summed E-state index contributed by atoms with van der Waals surface area (Å²) in [5.74, 6) is -3.39. The number of hydrogen-bond donors (Lipinski definition) is 1. The summed E-state index contributed by atoms with van der Waals surface area (Å²) < 4.78 is 98.2. The molecule has 130 valence electrons. The summed E-state index contributed by atoms with van der Waals surface area (Å²) in [5.41, 5.74) is 1.47. The third kappa shape index (κ3) is 3.83. The van der Waals surface area contributed by atoms with E-state index in [2.05, 4.69) is 4.18 Å². The molecular weight excluding hydrogens is 342 g/mol. The minimum absolute atomic E-state index is 0.00526. The van der Waals surface area contributed by atoms with Crippen molar-refractivity contribution in [2.75, 3.05) is 0 Å². The summed E-state index contributed by atoms with van der Waals surface area (Å²) in [6, 6.07) is 0.921. The van der Waals surface area contributed by atoms with Crippen molar-refractivity contribution in [3.05, 3.63) is 82.8 Å². The lowest BCUT2D eigenvalue weighted by Crippen LogP contribution is -2.16. The first-order chi connectivity index (χ1) is 15.1. The van der Waals surface area contributed by atoms with Crippen molar-refractivity contribution < 1.29 is 33.1 Å². The molecule has 0 aromatic heterocycles. The average Bonchev–Trinajstić information content (AvgIpc) is 2.94. The van der Waals surface area contributed by atoms with Crippen LogP contribution in [0.25, 0.3) is 0 Å². The van der Waals surface area contributed by atoms with E-state index < -0.39 is 75.1 Å². The Balaban J connectivity index is 2.04. The fraction of sp³-hybridized carbons (Fsp3) is 0.167. The molecule has 25 heavy (non-hydrogen) atoms. The van der Waals surface area contributed by atoms with Crippen LogP contribution in [0.5, 0.6) is 0 Å². The van der Waals surface area contributed by atoms with Gasteiger partial charge in [0.2, 0.25) is 17.4 Å². The fourth-order valence-corrected chi connectivity index (χ4v) is 2.72. The molecule has 2 N–H and O–H groups in total. The topological polar surface area (TPSA) is 95.7 Å². The van der Waals surface area contributed by atoms with Crippen LogP contribution in [-0.4, -0.2) is 14.2 Å². The van der Waals surface area contributed by atoms with Crippen LogP contribution >= 0.6 is 0 Å². The van der Waals surface area contributed by atoms with Crippen LogP contribution in [0.2, 0.25) is 0 Å². The SMILES string of the molecule is [2H]c1c([2H])c([2H])c(C([2H])([2H])S(=O)(=O)OC2=C(N)O[C@@]([2H])(c3ccc(C)cc3)C2=O)c([2H])c1[2H]. The highest BCUT2D eigenvalue weighted by molar-refractivity contribution is 7.86. The number of nitrogens with two attached hydrogens (primary N) is 1. The lowest BCUT2D eigenvalue weighted by molar-refractivity contribution is -0.123. The minimum Gasteiger partial charge on any atom is -0.460 e. The number of carbonyl (C=O) groups is 1. The van der Waals surface area contributed by atoms with Gasteiger partial charge in [-0.25, -0.2) is 0 Å². The van der Waals surface area contributed by atoms with Crippen LogP contribution in [0.3, 0.4) is 0 Å². The van der Waals surface area contributed by atoms with Crippen LogP contribution in [0.15, 0.2) is 66.1 Å². The molecule has 1 aliphatic heterocycles. The van der Waals surface area contributed by atoms with Gasteiger partial charge in [0.05, 0.1) is 11.0 Å². The quantitative estimate of drug-likeness (QED) is 0.815. The molecule has 1 heterocycles. The van der Waals surface area contributed by atoms with Crippen LogP contribution < -0.4 is 5.73 Å². The zero-order valence-electron chi connectivity index (χ0n) is 20.8. The van der Waals surface area contributed by atoms with Gasteiger partial charge < -0.3 is 14.7 Å². The Labute approximate surface area is 157 Å². The first kappa shape index (κ1) is 9.62. The van der Waals surface area contributed by atoms with Gasteiger partial charge in [-0.3, -0.25) is 4.79 Å². The van der Waals surface area contributed by atoms with Gasteiger partial charge in [-0.15, -0.1) is 0 Å². The van der Waals surface area contributed by atoms with E-state index in [9.17, 15) is 13.2 Å². The molecule has 0 saturated carbocycles. The second-order valence-corrected chi connectivity index (χ2v) is 6.24. The molecule has 1 atom stereocenters. The standard InChI is InChI=1S/C18H17NO5S/c1-12-7-9-14(10-8-12)16-15(20)17(18(19)23-16)24-25(21,22)11-13-5-3-2-4-6-13/h2-10,16H,11,19H2,1H3/t16-/m0/s1/i2D,3D,4D,5D,6D,11D2,16D. The first-order valence-corrected chi connectivity index (χ1v) is 8.29. The number of ether oxygens (including phenoxy) is 1. The molecule has 0 amide bonds. The second kappa shape index (κ2) is 6.60. The molecule has 0 bridgehead atoms. The minimum atomic E-state index is -5.55. The highest BCUT2D eigenvalue weighted by Gasteiger charge is 2.39. The molecule has 0 saturated heterocycles. The Hall–Kier alpha value is -2.80. The monoisotopic (exact) mass is 367 g/mol. The molecule has 0 unspecified atom stereocenters. The molecule has 2 aromatic carbocycles. The maximum atomic E-state index is 12.8. The van der Waals surface area contributed by atoms with Crippen molar-refractivity contribution in [1.82, 2.24) is 0 Å². The van der Waals surface area contributed by atoms with E-state index in [1.807, 2.05) is 0 Å². The van der Waals surface area contributed by atoms with E-state index in [1.165, 1.54) is 12.1 Å². The van der Waals surface area contributed by atoms with Gasteiger partial charge in [0.15, 0.2) is 6.08 Å². The number of benzene rings is 2. The summed E-state index contributed by atoms with van der Waals surface area (Å²) >= 11 is 0. The number of aryl methyl sites for hydroxylation is 1. The molecule has 6 nitrogen and oxygen atoms in total. The van der Waals surface area contributed by atoms with Crippen molar-refractivity contribution in [1.29, 1.82) is 0 Å². The van der Waals surface area contributed by atoms with Gasteiger partial charge in [0.25, 0.3) is 0 Å². The predicted molar refractivity (Wildman–Crippen MR) is 91.4 cm³/mol. The van der Waals surface area contributed by atoms with E-state index in [1.54, 1.807) is 19.1 Å². The van der Waals surface area contributed by atoms with E-state index >= 15 is 0 Å². The molecule has 1 aliphatic rings. The summed E-state index contributed by atoms with van der Waals surface area (Å²) in [7, 11) is -5.55. The van der Waals surface area contributed by atoms with Crippen LogP contribution in [0.4, 0.5) is 0 Å². The normalized spacial score (nSPS) is 25.6. The van der Waals surface area contributed by atoms with E-state index in [0.717, 1.165) is 5.56 Å². The molecule has 0 spiro atoms. The predicted octanol–water partition coefficient (Wildman–Crippen LogP) is 2.31. The molecular formula is C18H17NO5S. The zero-order chi connectivity index (χ0) is 25.1. The molecule has 2 aromatic rings. The van der Waals surface area contributed by atoms with E-state index in [-0.39, 0.29) is 5.56 Å². The third-order valence-corrected chi connectivity index (χ3v) is 3.92. The van der Waals surface area contributed by atoms with E-state index in [0.29, 0.717) is 0 Å². The van der Waals surface area contributed by atoms with Gasteiger partial charge >= 0.3 is 10.1 Å². The van der Waals surface area contributed by atoms with Crippen molar-refractivity contribution in [2.24, 2.45) is 5.73 Å². The highest BCUT2D eigenvalue weighted by atomic mass is 32.2. The fourth-order valence-electron chi connectivity index (χ4n) is 1.95. The summed E-state index contributed by atoms with van der Waals surface area (Å²) in [6.07, 6.45) is -2.49. The van der Waals surface area contributed by atoms with Gasteiger partial charge in [0.1, 0.15) is 5.70 Å². The van der Waals surface area contributed by atoms with Crippen LogP contribution in [0, 0.1) is 6.92 Å². The van der Waals surface area contributed by atoms with E-state index in [4.69, 9.17) is 21.4 Å². The van der Waals surface area contributed by atoms with Crippen molar-refractivity contribution >= 4 is 15.9 Å². The number of Topliss-reactive ketones (excluding diaryl/α,β-unsaturated/α-hetero) is 1. The van der Waals surface area contributed by atoms with Gasteiger partial charge in [-0.05, 0) is 12.5 Å². The number of carbonyl (C=O) groups excluding carboxylic acids is 1. The van der Waals surface area contributed by atoms with Crippen LogP contribution in [0.1, 0.15) is 33.7 Å². The maximum absolute atomic E-state index is 12.8. The Morgan fingerprint density at radius 3 is 2.56 bits per heavy atom. The Kier molecular flexibility index (Phi) is 2.54. The summed E-state index contributed by atoms with van der Waals surface area (Å²) in [5, 5.41) is 0.